The summed E-state index contributed by atoms with van der Waals surface area (Å²) in [7, 11) is -3.82. The van der Waals surface area contributed by atoms with E-state index >= 15 is 0 Å². The van der Waals surface area contributed by atoms with Crippen LogP contribution in [0.25, 0.3) is 0 Å². The zero-order chi connectivity index (χ0) is 13.3. The summed E-state index contributed by atoms with van der Waals surface area (Å²) in [5.74, 6) is 5.65. The average Bonchev–Trinajstić information content (AvgIpc) is 2.70. The molecule has 1 heterocycles. The van der Waals surface area contributed by atoms with E-state index in [1.54, 1.807) is 32.0 Å². The van der Waals surface area contributed by atoms with E-state index < -0.39 is 10.0 Å². The molecular weight excluding hydrogens is 254 g/mol. The second-order valence-corrected chi connectivity index (χ2v) is 5.63. The quantitative estimate of drug-likeness (QED) is 0.670. The minimum atomic E-state index is -3.82. The summed E-state index contributed by atoms with van der Waals surface area (Å²) in [5.41, 5.74) is 1.20. The summed E-state index contributed by atoms with van der Waals surface area (Å²) in [5, 5.41) is 3.68. The Bertz CT molecular complexity index is 649. The first kappa shape index (κ1) is 12.6. The molecule has 6 nitrogen and oxygen atoms in total. The number of nitrogens with zero attached hydrogens (tertiary/aromatic N) is 2. The maximum absolute atomic E-state index is 12.2. The lowest BCUT2D eigenvalue weighted by Gasteiger charge is -2.15. The molecule has 0 saturated heterocycles. The molecule has 2 aromatic rings. The molecule has 0 spiro atoms. The van der Waals surface area contributed by atoms with Gasteiger partial charge in [0.05, 0.1) is 10.6 Å². The van der Waals surface area contributed by atoms with Crippen LogP contribution >= 0.6 is 0 Å². The van der Waals surface area contributed by atoms with Crippen molar-refractivity contribution in [1.82, 2.24) is 5.16 Å². The Hall–Kier alpha value is -1.86. The van der Waals surface area contributed by atoms with Gasteiger partial charge in [0, 0.05) is 5.56 Å². The van der Waals surface area contributed by atoms with E-state index in [4.69, 9.17) is 10.4 Å². The molecule has 0 fully saturated rings. The van der Waals surface area contributed by atoms with E-state index in [2.05, 4.69) is 5.16 Å². The third-order valence-electron chi connectivity index (χ3n) is 2.63. The highest BCUT2D eigenvalue weighted by Gasteiger charge is 2.27. The van der Waals surface area contributed by atoms with Gasteiger partial charge in [0.2, 0.25) is 0 Å². The smallest absolute Gasteiger partial charge is 0.280 e. The number of hydrogen-bond acceptors (Lipinski definition) is 5. The zero-order valence-electron chi connectivity index (χ0n) is 9.99. The van der Waals surface area contributed by atoms with Crippen LogP contribution < -0.4 is 10.3 Å². The van der Waals surface area contributed by atoms with Gasteiger partial charge in [-0.2, -0.15) is 12.8 Å². The molecule has 0 bridgehead atoms. The van der Waals surface area contributed by atoms with Crippen LogP contribution in [-0.4, -0.2) is 13.6 Å². The summed E-state index contributed by atoms with van der Waals surface area (Å²) in [6.07, 6.45) is 0. The first-order valence-electron chi connectivity index (χ1n) is 5.22. The topological polar surface area (TPSA) is 89.4 Å². The molecule has 0 aliphatic carbocycles. The summed E-state index contributed by atoms with van der Waals surface area (Å²) in [4.78, 5) is 0.0981. The number of benzene rings is 1. The second-order valence-electron chi connectivity index (χ2n) is 3.81. The SMILES string of the molecule is Cc1noc(N(N)S(=O)(=O)c2ccccc2)c1C. The molecule has 0 atom stereocenters. The van der Waals surface area contributed by atoms with Gasteiger partial charge in [-0.25, -0.2) is 5.84 Å². The minimum absolute atomic E-state index is 0.0244. The van der Waals surface area contributed by atoms with Gasteiger partial charge >= 0.3 is 0 Å². The predicted molar refractivity (Wildman–Crippen MR) is 66.3 cm³/mol. The van der Waals surface area contributed by atoms with Crippen molar-refractivity contribution in [2.45, 2.75) is 18.7 Å². The van der Waals surface area contributed by atoms with E-state index in [1.165, 1.54) is 12.1 Å². The van der Waals surface area contributed by atoms with Gasteiger partial charge in [-0.05, 0) is 26.0 Å². The maximum Gasteiger partial charge on any atom is 0.280 e. The Kier molecular flexibility index (Phi) is 3.10. The highest BCUT2D eigenvalue weighted by molar-refractivity contribution is 7.92. The Morgan fingerprint density at radius 3 is 2.33 bits per heavy atom. The molecule has 1 aromatic heterocycles. The van der Waals surface area contributed by atoms with E-state index in [0.29, 0.717) is 15.7 Å². The number of rotatable bonds is 3. The van der Waals surface area contributed by atoms with Crippen LogP contribution in [0.4, 0.5) is 5.88 Å². The van der Waals surface area contributed by atoms with Crippen molar-refractivity contribution in [2.75, 3.05) is 4.41 Å². The second kappa shape index (κ2) is 4.43. The average molecular weight is 267 g/mol. The molecule has 0 aliphatic rings. The first-order valence-corrected chi connectivity index (χ1v) is 6.66. The molecular formula is C11H13N3O3S. The number of hydrogen-bond donors (Lipinski definition) is 1. The summed E-state index contributed by atoms with van der Waals surface area (Å²) in [6.45, 7) is 3.41. The molecule has 18 heavy (non-hydrogen) atoms. The minimum Gasteiger partial charge on any atom is -0.336 e. The molecule has 2 rings (SSSR count). The number of anilines is 1. The van der Waals surface area contributed by atoms with Gasteiger partial charge in [0.15, 0.2) is 0 Å². The number of aryl methyl sites for hydroxylation is 1. The standard InChI is InChI=1S/C11H13N3O3S/c1-8-9(2)13-17-11(8)14(12)18(15,16)10-6-4-3-5-7-10/h3-7H,12H2,1-2H3. The molecule has 1 aromatic carbocycles. The fraction of sp³-hybridized carbons (Fsp3) is 0.182. The van der Waals surface area contributed by atoms with Crippen molar-refractivity contribution in [2.24, 2.45) is 5.84 Å². The molecule has 0 radical (unpaired) electrons. The Balaban J connectivity index is 2.46. The number of sulfonamides is 1. The van der Waals surface area contributed by atoms with Crippen molar-refractivity contribution >= 4 is 15.9 Å². The molecule has 2 N–H and O–H groups in total. The van der Waals surface area contributed by atoms with E-state index in [0.717, 1.165) is 0 Å². The molecule has 0 aliphatic heterocycles. The Labute approximate surface area is 105 Å². The third kappa shape index (κ3) is 1.98. The van der Waals surface area contributed by atoms with Crippen LogP contribution in [0.1, 0.15) is 11.3 Å². The molecule has 0 unspecified atom stereocenters. The third-order valence-corrected chi connectivity index (χ3v) is 4.18. The van der Waals surface area contributed by atoms with Crippen LogP contribution in [0.2, 0.25) is 0 Å². The van der Waals surface area contributed by atoms with Crippen LogP contribution in [0.3, 0.4) is 0 Å². The lowest BCUT2D eigenvalue weighted by molar-refractivity contribution is 0.419. The number of aromatic nitrogens is 1. The summed E-state index contributed by atoms with van der Waals surface area (Å²) in [6, 6.07) is 7.91. The van der Waals surface area contributed by atoms with Gasteiger partial charge < -0.3 is 4.52 Å². The maximum atomic E-state index is 12.2. The van der Waals surface area contributed by atoms with Gasteiger partial charge in [-0.1, -0.05) is 23.4 Å². The van der Waals surface area contributed by atoms with Crippen molar-refractivity contribution in [3.05, 3.63) is 41.6 Å². The lowest BCUT2D eigenvalue weighted by atomic mass is 10.3. The summed E-state index contributed by atoms with van der Waals surface area (Å²) < 4.78 is 30.0. The molecule has 0 saturated carbocycles. The highest BCUT2D eigenvalue weighted by Crippen LogP contribution is 2.25. The number of nitrogens with two attached hydrogens (primary N) is 1. The van der Waals surface area contributed by atoms with Crippen LogP contribution in [0.5, 0.6) is 0 Å². The van der Waals surface area contributed by atoms with Crippen molar-refractivity contribution in [3.63, 3.8) is 0 Å². The van der Waals surface area contributed by atoms with Crippen molar-refractivity contribution in [1.29, 1.82) is 0 Å². The van der Waals surface area contributed by atoms with E-state index in [9.17, 15) is 8.42 Å². The van der Waals surface area contributed by atoms with Crippen LogP contribution in [0.15, 0.2) is 39.8 Å². The van der Waals surface area contributed by atoms with Gasteiger partial charge in [-0.15, -0.1) is 0 Å². The van der Waals surface area contributed by atoms with Crippen molar-refractivity contribution < 1.29 is 12.9 Å². The largest absolute Gasteiger partial charge is 0.336 e. The predicted octanol–water partition coefficient (Wildman–Crippen LogP) is 1.36. The zero-order valence-corrected chi connectivity index (χ0v) is 10.8. The van der Waals surface area contributed by atoms with Gasteiger partial charge in [0.25, 0.3) is 15.9 Å². The Morgan fingerprint density at radius 1 is 1.22 bits per heavy atom. The fourth-order valence-electron chi connectivity index (χ4n) is 1.42. The van der Waals surface area contributed by atoms with Gasteiger partial charge in [0.1, 0.15) is 0 Å². The van der Waals surface area contributed by atoms with E-state index in [-0.39, 0.29) is 10.8 Å². The molecule has 7 heteroatoms. The normalized spacial score (nSPS) is 11.5. The van der Waals surface area contributed by atoms with Gasteiger partial charge in [-0.3, -0.25) is 0 Å². The van der Waals surface area contributed by atoms with E-state index in [1.807, 2.05) is 0 Å². The highest BCUT2D eigenvalue weighted by atomic mass is 32.2. The van der Waals surface area contributed by atoms with Crippen LogP contribution in [-0.2, 0) is 10.0 Å². The van der Waals surface area contributed by atoms with Crippen LogP contribution in [0, 0.1) is 13.8 Å². The van der Waals surface area contributed by atoms with Crippen molar-refractivity contribution in [3.8, 4) is 0 Å². The summed E-state index contributed by atoms with van der Waals surface area (Å²) >= 11 is 0. The monoisotopic (exact) mass is 267 g/mol. The fourth-order valence-corrected chi connectivity index (χ4v) is 2.54. The first-order chi connectivity index (χ1) is 8.44. The lowest BCUT2D eigenvalue weighted by Crippen LogP contribution is -2.37. The Morgan fingerprint density at radius 2 is 1.83 bits per heavy atom. The molecule has 96 valence electrons. The molecule has 0 amide bonds. The number of hydrazine groups is 1.